The van der Waals surface area contributed by atoms with Crippen LogP contribution in [0.5, 0.6) is 5.75 Å². The van der Waals surface area contributed by atoms with Gasteiger partial charge in [0.2, 0.25) is 0 Å². The lowest BCUT2D eigenvalue weighted by molar-refractivity contribution is -0.143. The number of amides is 2. The minimum Gasteiger partial charge on any atom is -0.494 e. The van der Waals surface area contributed by atoms with E-state index in [1.807, 2.05) is 19.1 Å². The van der Waals surface area contributed by atoms with E-state index in [1.165, 1.54) is 0 Å². The third-order valence-corrected chi connectivity index (χ3v) is 3.71. The number of anilines is 1. The molecule has 1 aromatic carbocycles. The molecule has 0 aliphatic carbocycles. The monoisotopic (exact) mass is 306 g/mol. The van der Waals surface area contributed by atoms with Crippen LogP contribution in [0, 0.1) is 5.92 Å². The minimum absolute atomic E-state index is 0.189. The Morgan fingerprint density at radius 1 is 1.27 bits per heavy atom. The second kappa shape index (κ2) is 7.68. The fourth-order valence-corrected chi connectivity index (χ4v) is 2.39. The maximum Gasteiger partial charge on any atom is 0.321 e. The van der Waals surface area contributed by atoms with Crippen molar-refractivity contribution in [1.29, 1.82) is 0 Å². The van der Waals surface area contributed by atoms with E-state index >= 15 is 0 Å². The molecule has 2 amide bonds. The number of likely N-dealkylation sites (tertiary alicyclic amines) is 1. The number of nitrogens with one attached hydrogen (secondary N) is 1. The summed E-state index contributed by atoms with van der Waals surface area (Å²) in [6, 6.07) is 7.05. The Bertz CT molecular complexity index is 507. The van der Waals surface area contributed by atoms with E-state index in [0.717, 1.165) is 12.2 Å². The van der Waals surface area contributed by atoms with Gasteiger partial charge >= 0.3 is 12.0 Å². The number of carbonyl (C=O) groups is 2. The molecule has 120 valence electrons. The number of aliphatic carboxylic acids is 1. The number of nitrogens with zero attached hydrogens (tertiary/aromatic N) is 1. The van der Waals surface area contributed by atoms with E-state index < -0.39 is 5.97 Å². The molecule has 1 aliphatic heterocycles. The summed E-state index contributed by atoms with van der Waals surface area (Å²) in [4.78, 5) is 24.7. The highest BCUT2D eigenvalue weighted by Gasteiger charge is 2.26. The maximum atomic E-state index is 12.1. The van der Waals surface area contributed by atoms with E-state index in [-0.39, 0.29) is 11.9 Å². The molecule has 0 spiro atoms. The van der Waals surface area contributed by atoms with Gasteiger partial charge in [-0.2, -0.15) is 0 Å². The molecule has 0 atom stereocenters. The molecule has 22 heavy (non-hydrogen) atoms. The van der Waals surface area contributed by atoms with Crippen LogP contribution in [0.2, 0.25) is 0 Å². The van der Waals surface area contributed by atoms with Crippen LogP contribution in [0.4, 0.5) is 10.5 Å². The molecule has 0 aromatic heterocycles. The van der Waals surface area contributed by atoms with Crippen molar-refractivity contribution in [2.24, 2.45) is 5.92 Å². The highest BCUT2D eigenvalue weighted by Crippen LogP contribution is 2.20. The number of piperidine rings is 1. The van der Waals surface area contributed by atoms with Gasteiger partial charge in [-0.1, -0.05) is 6.92 Å². The Morgan fingerprint density at radius 2 is 1.91 bits per heavy atom. The lowest BCUT2D eigenvalue weighted by Crippen LogP contribution is -2.42. The number of carbonyl (C=O) groups excluding carboxylic acids is 1. The molecule has 2 rings (SSSR count). The predicted molar refractivity (Wildman–Crippen MR) is 83.2 cm³/mol. The van der Waals surface area contributed by atoms with Crippen molar-refractivity contribution in [3.05, 3.63) is 24.3 Å². The molecule has 0 unspecified atom stereocenters. The fraction of sp³-hybridized carbons (Fsp3) is 0.500. The molecule has 2 N–H and O–H groups in total. The molecular formula is C16H22N2O4. The van der Waals surface area contributed by atoms with Crippen molar-refractivity contribution in [2.75, 3.05) is 25.0 Å². The van der Waals surface area contributed by atoms with E-state index in [2.05, 4.69) is 5.32 Å². The average Bonchev–Trinajstić information content (AvgIpc) is 2.54. The number of rotatable bonds is 5. The standard InChI is InChI=1S/C16H22N2O4/c1-2-11-22-14-5-3-13(4-6-14)17-16(21)18-9-7-12(8-10-18)15(19)20/h3-6,12H,2,7-11H2,1H3,(H,17,21)(H,19,20). The zero-order valence-corrected chi connectivity index (χ0v) is 12.7. The largest absolute Gasteiger partial charge is 0.494 e. The van der Waals surface area contributed by atoms with Crippen molar-refractivity contribution in [3.8, 4) is 5.75 Å². The zero-order valence-electron chi connectivity index (χ0n) is 12.7. The molecule has 1 aliphatic rings. The van der Waals surface area contributed by atoms with Gasteiger partial charge in [0.05, 0.1) is 12.5 Å². The molecule has 6 heteroatoms. The van der Waals surface area contributed by atoms with Gasteiger partial charge in [0.1, 0.15) is 5.75 Å². The SMILES string of the molecule is CCCOc1ccc(NC(=O)N2CCC(C(=O)O)CC2)cc1. The predicted octanol–water partition coefficient (Wildman–Crippen LogP) is 2.80. The Labute approximate surface area is 130 Å². The van der Waals surface area contributed by atoms with Gasteiger partial charge in [0.15, 0.2) is 0 Å². The summed E-state index contributed by atoms with van der Waals surface area (Å²) in [7, 11) is 0. The third kappa shape index (κ3) is 4.38. The third-order valence-electron chi connectivity index (χ3n) is 3.71. The number of hydrogen-bond donors (Lipinski definition) is 2. The van der Waals surface area contributed by atoms with Gasteiger partial charge in [0.25, 0.3) is 0 Å². The molecule has 0 bridgehead atoms. The van der Waals surface area contributed by atoms with Crippen LogP contribution in [-0.4, -0.2) is 41.7 Å². The summed E-state index contributed by atoms with van der Waals surface area (Å²) in [5, 5.41) is 11.8. The molecule has 0 radical (unpaired) electrons. The van der Waals surface area contributed by atoms with Crippen LogP contribution in [0.25, 0.3) is 0 Å². The van der Waals surface area contributed by atoms with Crippen molar-refractivity contribution in [2.45, 2.75) is 26.2 Å². The van der Waals surface area contributed by atoms with Crippen LogP contribution in [0.1, 0.15) is 26.2 Å². The summed E-state index contributed by atoms with van der Waals surface area (Å²) in [5.41, 5.74) is 0.703. The van der Waals surface area contributed by atoms with Gasteiger partial charge < -0.3 is 20.1 Å². The van der Waals surface area contributed by atoms with Crippen LogP contribution in [0.3, 0.4) is 0 Å². The van der Waals surface area contributed by atoms with E-state index in [0.29, 0.717) is 38.2 Å². The van der Waals surface area contributed by atoms with Crippen molar-refractivity contribution in [3.63, 3.8) is 0 Å². The van der Waals surface area contributed by atoms with Crippen molar-refractivity contribution >= 4 is 17.7 Å². The summed E-state index contributed by atoms with van der Waals surface area (Å²) in [5.74, 6) is -0.330. The molecular weight excluding hydrogens is 284 g/mol. The first-order valence-corrected chi connectivity index (χ1v) is 7.61. The molecule has 1 saturated heterocycles. The number of hydrogen-bond acceptors (Lipinski definition) is 3. The summed E-state index contributed by atoms with van der Waals surface area (Å²) >= 11 is 0. The number of benzene rings is 1. The normalized spacial score (nSPS) is 15.4. The van der Waals surface area contributed by atoms with Crippen LogP contribution in [-0.2, 0) is 4.79 Å². The molecule has 1 aromatic rings. The van der Waals surface area contributed by atoms with Crippen molar-refractivity contribution < 1.29 is 19.4 Å². The second-order valence-corrected chi connectivity index (χ2v) is 5.40. The molecule has 0 saturated carbocycles. The topological polar surface area (TPSA) is 78.9 Å². The van der Waals surface area contributed by atoms with Crippen LogP contribution in [0.15, 0.2) is 24.3 Å². The van der Waals surface area contributed by atoms with Gasteiger partial charge in [0, 0.05) is 18.8 Å². The van der Waals surface area contributed by atoms with Gasteiger partial charge in [-0.05, 0) is 43.5 Å². The minimum atomic E-state index is -0.775. The number of urea groups is 1. The number of carboxylic acids is 1. The Morgan fingerprint density at radius 3 is 2.45 bits per heavy atom. The first kappa shape index (κ1) is 16.1. The fourth-order valence-electron chi connectivity index (χ4n) is 2.39. The first-order chi connectivity index (χ1) is 10.6. The Hall–Kier alpha value is -2.24. The molecule has 6 nitrogen and oxygen atoms in total. The van der Waals surface area contributed by atoms with E-state index in [1.54, 1.807) is 17.0 Å². The maximum absolute atomic E-state index is 12.1. The van der Waals surface area contributed by atoms with Gasteiger partial charge in [-0.25, -0.2) is 4.79 Å². The van der Waals surface area contributed by atoms with Gasteiger partial charge in [-0.3, -0.25) is 4.79 Å². The second-order valence-electron chi connectivity index (χ2n) is 5.40. The molecule has 1 heterocycles. The Kier molecular flexibility index (Phi) is 5.63. The van der Waals surface area contributed by atoms with E-state index in [4.69, 9.17) is 9.84 Å². The lowest BCUT2D eigenvalue weighted by Gasteiger charge is -2.30. The summed E-state index contributed by atoms with van der Waals surface area (Å²) in [6.45, 7) is 3.66. The quantitative estimate of drug-likeness (QED) is 0.876. The van der Waals surface area contributed by atoms with Gasteiger partial charge in [-0.15, -0.1) is 0 Å². The highest BCUT2D eigenvalue weighted by molar-refractivity contribution is 5.89. The Balaban J connectivity index is 1.83. The first-order valence-electron chi connectivity index (χ1n) is 7.61. The summed E-state index contributed by atoms with van der Waals surface area (Å²) in [6.07, 6.45) is 1.96. The van der Waals surface area contributed by atoms with E-state index in [9.17, 15) is 9.59 Å². The van der Waals surface area contributed by atoms with Crippen LogP contribution >= 0.6 is 0 Å². The highest BCUT2D eigenvalue weighted by atomic mass is 16.5. The number of ether oxygens (including phenoxy) is 1. The summed E-state index contributed by atoms with van der Waals surface area (Å²) < 4.78 is 5.49. The molecule has 1 fully saturated rings. The van der Waals surface area contributed by atoms with Crippen molar-refractivity contribution in [1.82, 2.24) is 4.90 Å². The van der Waals surface area contributed by atoms with Crippen LogP contribution < -0.4 is 10.1 Å². The average molecular weight is 306 g/mol. The zero-order chi connectivity index (χ0) is 15.9. The lowest BCUT2D eigenvalue weighted by atomic mass is 9.97. The smallest absolute Gasteiger partial charge is 0.321 e. The number of carboxylic acid groups (broad SMARTS) is 1.